The van der Waals surface area contributed by atoms with Crippen LogP contribution in [-0.2, 0) is 11.3 Å². The Labute approximate surface area is 127 Å². The van der Waals surface area contributed by atoms with Gasteiger partial charge in [-0.2, -0.15) is 0 Å². The second-order valence-electron chi connectivity index (χ2n) is 5.99. The minimum atomic E-state index is -0.608. The van der Waals surface area contributed by atoms with E-state index in [-0.39, 0.29) is 0 Å². The molecule has 0 aliphatic carbocycles. The first-order valence-corrected chi connectivity index (χ1v) is 7.79. The van der Waals surface area contributed by atoms with E-state index in [0.29, 0.717) is 19.8 Å². The highest BCUT2D eigenvalue weighted by Gasteiger charge is 2.30. The molecule has 1 aliphatic rings. The molecule has 1 saturated heterocycles. The lowest BCUT2D eigenvalue weighted by Gasteiger charge is -2.35. The first-order valence-electron chi connectivity index (χ1n) is 7.79. The van der Waals surface area contributed by atoms with Gasteiger partial charge < -0.3 is 15.2 Å². The lowest BCUT2D eigenvalue weighted by Crippen LogP contribution is -2.45. The Morgan fingerprint density at radius 2 is 2.14 bits per heavy atom. The molecule has 1 aliphatic heterocycles. The van der Waals surface area contributed by atoms with Gasteiger partial charge in [0.05, 0.1) is 5.60 Å². The third kappa shape index (κ3) is 5.26. The van der Waals surface area contributed by atoms with Gasteiger partial charge in [0, 0.05) is 51.9 Å². The summed E-state index contributed by atoms with van der Waals surface area (Å²) < 4.78 is 5.31. The van der Waals surface area contributed by atoms with E-state index in [2.05, 4.69) is 28.2 Å². The maximum Gasteiger partial charge on any atom is 0.125 e. The van der Waals surface area contributed by atoms with Gasteiger partial charge in [-0.25, -0.2) is 4.98 Å². The molecule has 0 aromatic carbocycles. The summed E-state index contributed by atoms with van der Waals surface area (Å²) >= 11 is 0. The highest BCUT2D eigenvalue weighted by molar-refractivity contribution is 5.35. The zero-order chi connectivity index (χ0) is 15.1. The lowest BCUT2D eigenvalue weighted by atomic mass is 9.94. The van der Waals surface area contributed by atoms with Gasteiger partial charge in [-0.1, -0.05) is 13.0 Å². The molecule has 2 heterocycles. The van der Waals surface area contributed by atoms with Gasteiger partial charge in [-0.3, -0.25) is 4.90 Å². The van der Waals surface area contributed by atoms with E-state index in [1.54, 1.807) is 0 Å². The third-order valence-corrected chi connectivity index (χ3v) is 3.82. The van der Waals surface area contributed by atoms with E-state index in [0.717, 1.165) is 43.7 Å². The van der Waals surface area contributed by atoms with Crippen molar-refractivity contribution in [2.75, 3.05) is 38.7 Å². The highest BCUT2D eigenvalue weighted by atomic mass is 16.5. The van der Waals surface area contributed by atoms with Crippen molar-refractivity contribution in [3.8, 4) is 0 Å². The molecule has 118 valence electrons. The first kappa shape index (κ1) is 16.2. The second-order valence-corrected chi connectivity index (χ2v) is 5.99. The van der Waals surface area contributed by atoms with Crippen LogP contribution in [0, 0.1) is 0 Å². The molecule has 0 atom stereocenters. The number of nitrogens with zero attached hydrogens (tertiary/aromatic N) is 2. The molecule has 0 amide bonds. The Balaban J connectivity index is 1.82. The van der Waals surface area contributed by atoms with Crippen molar-refractivity contribution in [1.29, 1.82) is 0 Å². The highest BCUT2D eigenvalue weighted by Crippen LogP contribution is 2.22. The van der Waals surface area contributed by atoms with Crippen molar-refractivity contribution in [3.63, 3.8) is 0 Å². The van der Waals surface area contributed by atoms with Gasteiger partial charge >= 0.3 is 0 Å². The normalized spacial score (nSPS) is 17.9. The SMILES string of the molecule is CCCNc1ccc(CN(C)CC2(O)CCOCC2)cn1. The Kier molecular flexibility index (Phi) is 5.96. The summed E-state index contributed by atoms with van der Waals surface area (Å²) in [5.41, 5.74) is 0.554. The van der Waals surface area contributed by atoms with Crippen LogP contribution in [-0.4, -0.2) is 53.9 Å². The fraction of sp³-hybridized carbons (Fsp3) is 0.688. The summed E-state index contributed by atoms with van der Waals surface area (Å²) in [5.74, 6) is 0.923. The fourth-order valence-corrected chi connectivity index (χ4v) is 2.66. The number of nitrogens with one attached hydrogen (secondary N) is 1. The number of rotatable bonds is 7. The molecule has 0 spiro atoms. The number of aromatic nitrogens is 1. The van der Waals surface area contributed by atoms with Crippen LogP contribution in [0.25, 0.3) is 0 Å². The number of ether oxygens (including phenoxy) is 1. The molecule has 1 aromatic heterocycles. The van der Waals surface area contributed by atoms with Crippen LogP contribution in [0.2, 0.25) is 0 Å². The average Bonchev–Trinajstić information content (AvgIpc) is 2.46. The Morgan fingerprint density at radius 1 is 1.38 bits per heavy atom. The van der Waals surface area contributed by atoms with Crippen LogP contribution in [0.4, 0.5) is 5.82 Å². The van der Waals surface area contributed by atoms with Gasteiger partial charge in [0.25, 0.3) is 0 Å². The summed E-state index contributed by atoms with van der Waals surface area (Å²) in [5, 5.41) is 13.8. The molecule has 2 N–H and O–H groups in total. The summed E-state index contributed by atoms with van der Waals surface area (Å²) in [4.78, 5) is 6.57. The molecule has 0 saturated carbocycles. The smallest absolute Gasteiger partial charge is 0.125 e. The van der Waals surface area contributed by atoms with Crippen LogP contribution in [0.3, 0.4) is 0 Å². The van der Waals surface area contributed by atoms with Gasteiger partial charge in [0.15, 0.2) is 0 Å². The van der Waals surface area contributed by atoms with Crippen LogP contribution in [0.1, 0.15) is 31.7 Å². The Bertz CT molecular complexity index is 416. The van der Waals surface area contributed by atoms with Crippen LogP contribution in [0.5, 0.6) is 0 Å². The summed E-state index contributed by atoms with van der Waals surface area (Å²) in [7, 11) is 2.04. The van der Waals surface area contributed by atoms with E-state index < -0.39 is 5.60 Å². The van der Waals surface area contributed by atoms with Crippen molar-refractivity contribution in [3.05, 3.63) is 23.9 Å². The number of pyridine rings is 1. The van der Waals surface area contributed by atoms with Gasteiger partial charge in [-0.05, 0) is 25.1 Å². The maximum atomic E-state index is 10.5. The molecular weight excluding hydrogens is 266 g/mol. The lowest BCUT2D eigenvalue weighted by molar-refractivity contribution is -0.0777. The molecule has 5 nitrogen and oxygen atoms in total. The van der Waals surface area contributed by atoms with Crippen LogP contribution < -0.4 is 5.32 Å². The zero-order valence-electron chi connectivity index (χ0n) is 13.1. The Morgan fingerprint density at radius 3 is 2.76 bits per heavy atom. The van der Waals surface area contributed by atoms with Crippen molar-refractivity contribution in [2.24, 2.45) is 0 Å². The first-order chi connectivity index (χ1) is 10.1. The molecule has 1 fully saturated rings. The second kappa shape index (κ2) is 7.73. The van der Waals surface area contributed by atoms with Gasteiger partial charge in [0.1, 0.15) is 5.82 Å². The van der Waals surface area contributed by atoms with E-state index in [1.165, 1.54) is 0 Å². The van der Waals surface area contributed by atoms with E-state index >= 15 is 0 Å². The largest absolute Gasteiger partial charge is 0.388 e. The molecule has 1 aromatic rings. The van der Waals surface area contributed by atoms with E-state index in [9.17, 15) is 5.11 Å². The van der Waals surface area contributed by atoms with Crippen molar-refractivity contribution < 1.29 is 9.84 Å². The van der Waals surface area contributed by atoms with Crippen molar-refractivity contribution >= 4 is 5.82 Å². The van der Waals surface area contributed by atoms with Crippen LogP contribution >= 0.6 is 0 Å². The molecule has 21 heavy (non-hydrogen) atoms. The van der Waals surface area contributed by atoms with E-state index in [1.807, 2.05) is 19.3 Å². The van der Waals surface area contributed by atoms with Gasteiger partial charge in [-0.15, -0.1) is 0 Å². The number of likely N-dealkylation sites (N-methyl/N-ethyl adjacent to an activating group) is 1. The number of aliphatic hydroxyl groups is 1. The van der Waals surface area contributed by atoms with Crippen molar-refractivity contribution in [2.45, 2.75) is 38.3 Å². The predicted octanol–water partition coefficient (Wildman–Crippen LogP) is 1.88. The number of hydrogen-bond donors (Lipinski definition) is 2. The molecular formula is C16H27N3O2. The zero-order valence-corrected chi connectivity index (χ0v) is 13.1. The number of hydrogen-bond acceptors (Lipinski definition) is 5. The standard InChI is InChI=1S/C16H27N3O2/c1-3-8-17-15-5-4-14(11-18-15)12-19(2)13-16(20)6-9-21-10-7-16/h4-5,11,20H,3,6-10,12-13H2,1-2H3,(H,17,18). The monoisotopic (exact) mass is 293 g/mol. The minimum absolute atomic E-state index is 0.608. The molecule has 5 heteroatoms. The maximum absolute atomic E-state index is 10.5. The predicted molar refractivity (Wildman–Crippen MR) is 84.4 cm³/mol. The average molecular weight is 293 g/mol. The topological polar surface area (TPSA) is 57.6 Å². The Hall–Kier alpha value is -1.17. The van der Waals surface area contributed by atoms with E-state index in [4.69, 9.17) is 4.74 Å². The molecule has 2 rings (SSSR count). The summed E-state index contributed by atoms with van der Waals surface area (Å²) in [6, 6.07) is 4.11. The molecule has 0 unspecified atom stereocenters. The summed E-state index contributed by atoms with van der Waals surface area (Å²) in [6.45, 7) is 5.86. The van der Waals surface area contributed by atoms with Crippen LogP contribution in [0.15, 0.2) is 18.3 Å². The third-order valence-electron chi connectivity index (χ3n) is 3.82. The minimum Gasteiger partial charge on any atom is -0.388 e. The quantitative estimate of drug-likeness (QED) is 0.804. The van der Waals surface area contributed by atoms with Gasteiger partial charge in [0.2, 0.25) is 0 Å². The fourth-order valence-electron chi connectivity index (χ4n) is 2.66. The van der Waals surface area contributed by atoms with Crippen molar-refractivity contribution in [1.82, 2.24) is 9.88 Å². The molecule has 0 bridgehead atoms. The number of anilines is 1. The molecule has 0 radical (unpaired) electrons. The summed E-state index contributed by atoms with van der Waals surface area (Å²) in [6.07, 6.45) is 4.43.